The lowest BCUT2D eigenvalue weighted by Gasteiger charge is -2.15. The predicted octanol–water partition coefficient (Wildman–Crippen LogP) is 8.20. The molecule has 0 rings (SSSR count). The van der Waals surface area contributed by atoms with Gasteiger partial charge in [0, 0.05) is 19.4 Å². The van der Waals surface area contributed by atoms with E-state index in [1.54, 1.807) is 0 Å². The minimum atomic E-state index is -4.38. The minimum Gasteiger partial charge on any atom is -0.463 e. The smallest absolute Gasteiger partial charge is 0.463 e. The Bertz CT molecular complexity index is 929. The molecule has 0 aliphatic rings. The second-order valence-corrected chi connectivity index (χ2v) is 12.2. The van der Waals surface area contributed by atoms with Crippen LogP contribution in [0.25, 0.3) is 0 Å². The standard InChI is InChI=1S/C35H60NO8P/c1-3-5-6-7-8-9-10-11-12-13-14-15-16-17-18-19-20-21-22-23-24-25-26-28-35(39)42-31-33(37)32-44-45(40,41)43-30-29-36-34(38)27-4-2/h5-6,8-9,11-12,14-15,17-18,33,37H,3-4,7,10,13,16,19-32H2,1-2H3,(H,36,38)(H,40,41)/b6-5-,9-8-,12-11-,15-14-,18-17-. The molecule has 10 heteroatoms. The van der Waals surface area contributed by atoms with Gasteiger partial charge in [-0.05, 0) is 57.8 Å². The molecule has 0 radical (unpaired) electrons. The van der Waals surface area contributed by atoms with Gasteiger partial charge < -0.3 is 20.1 Å². The Balaban J connectivity index is 3.60. The Morgan fingerprint density at radius 2 is 1.24 bits per heavy atom. The van der Waals surface area contributed by atoms with Crippen LogP contribution < -0.4 is 5.32 Å². The summed E-state index contributed by atoms with van der Waals surface area (Å²) in [6.07, 6.45) is 35.9. The molecule has 0 saturated heterocycles. The van der Waals surface area contributed by atoms with Crippen molar-refractivity contribution in [2.24, 2.45) is 0 Å². The Hall–Kier alpha value is -2.29. The van der Waals surface area contributed by atoms with Crippen molar-refractivity contribution in [2.75, 3.05) is 26.4 Å². The van der Waals surface area contributed by atoms with E-state index in [-0.39, 0.29) is 32.1 Å². The zero-order valence-electron chi connectivity index (χ0n) is 27.8. The van der Waals surface area contributed by atoms with E-state index >= 15 is 0 Å². The normalized spacial score (nSPS) is 14.3. The van der Waals surface area contributed by atoms with Gasteiger partial charge in [0.1, 0.15) is 12.7 Å². The summed E-state index contributed by atoms with van der Waals surface area (Å²) >= 11 is 0. The summed E-state index contributed by atoms with van der Waals surface area (Å²) in [5.41, 5.74) is 0. The summed E-state index contributed by atoms with van der Waals surface area (Å²) in [7, 11) is -4.38. The first-order valence-electron chi connectivity index (χ1n) is 16.8. The van der Waals surface area contributed by atoms with Crippen LogP contribution >= 0.6 is 7.82 Å². The second-order valence-electron chi connectivity index (χ2n) is 10.8. The van der Waals surface area contributed by atoms with E-state index < -0.39 is 26.5 Å². The van der Waals surface area contributed by atoms with Gasteiger partial charge >= 0.3 is 13.8 Å². The number of phosphoric acid groups is 1. The lowest BCUT2D eigenvalue weighted by molar-refractivity contribution is -0.147. The maximum Gasteiger partial charge on any atom is 0.472 e. The van der Waals surface area contributed by atoms with Crippen molar-refractivity contribution < 1.29 is 37.9 Å². The molecule has 0 aliphatic heterocycles. The molecule has 0 bridgehead atoms. The molecular formula is C35H60NO8P. The topological polar surface area (TPSA) is 131 Å². The molecule has 1 amide bonds. The van der Waals surface area contributed by atoms with E-state index in [1.807, 2.05) is 6.92 Å². The third kappa shape index (κ3) is 32.9. The van der Waals surface area contributed by atoms with Gasteiger partial charge in [-0.2, -0.15) is 0 Å². The van der Waals surface area contributed by atoms with Gasteiger partial charge in [0.15, 0.2) is 0 Å². The molecule has 0 aromatic carbocycles. The van der Waals surface area contributed by atoms with Crippen LogP contribution in [-0.4, -0.2) is 54.3 Å². The van der Waals surface area contributed by atoms with E-state index in [0.29, 0.717) is 12.8 Å². The number of carbonyl (C=O) groups excluding carboxylic acids is 2. The maximum absolute atomic E-state index is 11.9. The fourth-order valence-electron chi connectivity index (χ4n) is 3.98. The van der Waals surface area contributed by atoms with Gasteiger partial charge in [-0.3, -0.25) is 18.6 Å². The molecule has 0 aromatic heterocycles. The fourth-order valence-corrected chi connectivity index (χ4v) is 4.73. The SMILES string of the molecule is CC/C=C\C/C=C\C/C=C\C/C=C\C/C=C\CCCCCCCCCC(=O)OCC(O)COP(=O)(O)OCCNC(=O)CCC. The van der Waals surface area contributed by atoms with Crippen molar-refractivity contribution in [1.82, 2.24) is 5.32 Å². The molecular weight excluding hydrogens is 593 g/mol. The van der Waals surface area contributed by atoms with Crippen LogP contribution in [0.2, 0.25) is 0 Å². The maximum atomic E-state index is 11.9. The Kier molecular flexibility index (Phi) is 30.1. The van der Waals surface area contributed by atoms with Gasteiger partial charge in [-0.25, -0.2) is 4.57 Å². The number of rotatable bonds is 30. The molecule has 45 heavy (non-hydrogen) atoms. The van der Waals surface area contributed by atoms with E-state index in [9.17, 15) is 24.2 Å². The van der Waals surface area contributed by atoms with Crippen molar-refractivity contribution in [3.05, 3.63) is 60.8 Å². The highest BCUT2D eigenvalue weighted by atomic mass is 31.2. The summed E-state index contributed by atoms with van der Waals surface area (Å²) < 4.78 is 26.3. The zero-order valence-corrected chi connectivity index (χ0v) is 28.7. The van der Waals surface area contributed by atoms with Crippen molar-refractivity contribution >= 4 is 19.7 Å². The van der Waals surface area contributed by atoms with Crippen LogP contribution in [0.4, 0.5) is 0 Å². The third-order valence-corrected chi connectivity index (χ3v) is 7.42. The molecule has 0 fully saturated rings. The number of allylic oxidation sites excluding steroid dienone is 10. The summed E-state index contributed by atoms with van der Waals surface area (Å²) in [6.45, 7) is 3.02. The molecule has 0 aliphatic carbocycles. The Labute approximate surface area is 272 Å². The summed E-state index contributed by atoms with van der Waals surface area (Å²) in [5, 5.41) is 12.4. The van der Waals surface area contributed by atoms with E-state index in [0.717, 1.165) is 64.2 Å². The minimum absolute atomic E-state index is 0.0682. The number of amides is 1. The van der Waals surface area contributed by atoms with Crippen molar-refractivity contribution in [3.63, 3.8) is 0 Å². The lowest BCUT2D eigenvalue weighted by atomic mass is 10.1. The first-order valence-corrected chi connectivity index (χ1v) is 18.3. The highest BCUT2D eigenvalue weighted by Gasteiger charge is 2.23. The molecule has 258 valence electrons. The van der Waals surface area contributed by atoms with E-state index in [1.165, 1.54) is 19.3 Å². The van der Waals surface area contributed by atoms with Crippen LogP contribution in [0.15, 0.2) is 60.8 Å². The average molecular weight is 654 g/mol. The highest BCUT2D eigenvalue weighted by molar-refractivity contribution is 7.47. The predicted molar refractivity (Wildman–Crippen MR) is 183 cm³/mol. The van der Waals surface area contributed by atoms with Gasteiger partial charge in [-0.1, -0.05) is 107 Å². The number of esters is 1. The first kappa shape index (κ1) is 42.7. The zero-order chi connectivity index (χ0) is 33.3. The van der Waals surface area contributed by atoms with Crippen LogP contribution in [-0.2, 0) is 27.9 Å². The number of aliphatic hydroxyl groups is 1. The van der Waals surface area contributed by atoms with Crippen LogP contribution in [0.1, 0.15) is 117 Å². The number of ether oxygens (including phenoxy) is 1. The number of hydrogen-bond acceptors (Lipinski definition) is 7. The van der Waals surface area contributed by atoms with Gasteiger partial charge in [-0.15, -0.1) is 0 Å². The first-order chi connectivity index (χ1) is 21.8. The summed E-state index contributed by atoms with van der Waals surface area (Å²) in [5.74, 6) is -0.590. The number of hydrogen-bond donors (Lipinski definition) is 3. The largest absolute Gasteiger partial charge is 0.472 e. The highest BCUT2D eigenvalue weighted by Crippen LogP contribution is 2.42. The van der Waals surface area contributed by atoms with Crippen molar-refractivity contribution in [2.45, 2.75) is 123 Å². The van der Waals surface area contributed by atoms with Gasteiger partial charge in [0.2, 0.25) is 5.91 Å². The average Bonchev–Trinajstić information content (AvgIpc) is 3.01. The Morgan fingerprint density at radius 3 is 1.82 bits per heavy atom. The number of unbranched alkanes of at least 4 members (excludes halogenated alkanes) is 7. The van der Waals surface area contributed by atoms with Crippen LogP contribution in [0.3, 0.4) is 0 Å². The molecule has 9 nitrogen and oxygen atoms in total. The summed E-state index contributed by atoms with van der Waals surface area (Å²) in [6, 6.07) is 0. The van der Waals surface area contributed by atoms with Crippen LogP contribution in [0, 0.1) is 0 Å². The third-order valence-electron chi connectivity index (χ3n) is 6.43. The molecule has 0 aromatic rings. The Morgan fingerprint density at radius 1 is 0.711 bits per heavy atom. The number of nitrogens with one attached hydrogen (secondary N) is 1. The molecule has 2 atom stereocenters. The van der Waals surface area contributed by atoms with Gasteiger partial charge in [0.25, 0.3) is 0 Å². The molecule has 0 saturated carbocycles. The second kappa shape index (κ2) is 31.7. The molecule has 0 heterocycles. The lowest BCUT2D eigenvalue weighted by Crippen LogP contribution is -2.27. The summed E-state index contributed by atoms with van der Waals surface area (Å²) in [4.78, 5) is 32.8. The van der Waals surface area contributed by atoms with Crippen LogP contribution in [0.5, 0.6) is 0 Å². The fraction of sp³-hybridized carbons (Fsp3) is 0.657. The number of carbonyl (C=O) groups is 2. The monoisotopic (exact) mass is 653 g/mol. The quantitative estimate of drug-likeness (QED) is 0.0306. The van der Waals surface area contributed by atoms with Crippen molar-refractivity contribution in [1.29, 1.82) is 0 Å². The molecule has 2 unspecified atom stereocenters. The number of aliphatic hydroxyl groups excluding tert-OH is 1. The molecule has 3 N–H and O–H groups in total. The van der Waals surface area contributed by atoms with E-state index in [4.69, 9.17) is 13.8 Å². The molecule has 0 spiro atoms. The van der Waals surface area contributed by atoms with Gasteiger partial charge in [0.05, 0.1) is 13.2 Å². The van der Waals surface area contributed by atoms with E-state index in [2.05, 4.69) is 73.0 Å². The number of phosphoric ester groups is 1. The van der Waals surface area contributed by atoms with Crippen molar-refractivity contribution in [3.8, 4) is 0 Å².